The molecule has 0 saturated carbocycles. The van der Waals surface area contributed by atoms with Gasteiger partial charge in [0, 0.05) is 35.6 Å². The molecule has 0 atom stereocenters. The fourth-order valence-corrected chi connectivity index (χ4v) is 2.62. The van der Waals surface area contributed by atoms with Crippen molar-refractivity contribution in [3.05, 3.63) is 16.0 Å². The summed E-state index contributed by atoms with van der Waals surface area (Å²) in [4.78, 5) is 13.7. The fourth-order valence-electron chi connectivity index (χ4n) is 2.34. The van der Waals surface area contributed by atoms with E-state index >= 15 is 0 Å². The van der Waals surface area contributed by atoms with Crippen molar-refractivity contribution in [2.75, 3.05) is 44.2 Å². The third-order valence-electron chi connectivity index (χ3n) is 3.41. The molecule has 5 nitrogen and oxygen atoms in total. The SMILES string of the molecule is NCCCCN1CCCN(c2ncc(I)cn2)CC1. The minimum absolute atomic E-state index is 0.802. The maximum absolute atomic E-state index is 5.54. The zero-order valence-corrected chi connectivity index (χ0v) is 13.4. The van der Waals surface area contributed by atoms with Crippen LogP contribution in [-0.2, 0) is 0 Å². The van der Waals surface area contributed by atoms with E-state index in [0.29, 0.717) is 0 Å². The summed E-state index contributed by atoms with van der Waals surface area (Å²) in [7, 11) is 0. The Morgan fingerprint density at radius 2 is 1.89 bits per heavy atom. The average Bonchev–Trinajstić information content (AvgIpc) is 2.66. The molecule has 1 aromatic rings. The van der Waals surface area contributed by atoms with Gasteiger partial charge in [0.25, 0.3) is 0 Å². The lowest BCUT2D eigenvalue weighted by Gasteiger charge is -2.21. The monoisotopic (exact) mass is 375 g/mol. The lowest BCUT2D eigenvalue weighted by atomic mass is 10.3. The van der Waals surface area contributed by atoms with Gasteiger partial charge in [-0.15, -0.1) is 0 Å². The number of hydrogen-bond donors (Lipinski definition) is 1. The molecule has 0 unspecified atom stereocenters. The van der Waals surface area contributed by atoms with Crippen LogP contribution in [0.25, 0.3) is 0 Å². The van der Waals surface area contributed by atoms with E-state index in [4.69, 9.17) is 5.73 Å². The summed E-state index contributed by atoms with van der Waals surface area (Å²) in [6.07, 6.45) is 7.27. The Morgan fingerprint density at radius 1 is 1.11 bits per heavy atom. The van der Waals surface area contributed by atoms with Crippen molar-refractivity contribution in [2.24, 2.45) is 5.73 Å². The van der Waals surface area contributed by atoms with E-state index in [1.165, 1.54) is 25.9 Å². The highest BCUT2D eigenvalue weighted by molar-refractivity contribution is 14.1. The lowest BCUT2D eigenvalue weighted by Crippen LogP contribution is -2.32. The Balaban J connectivity index is 1.84. The van der Waals surface area contributed by atoms with E-state index in [1.807, 2.05) is 12.4 Å². The molecule has 0 radical (unpaired) electrons. The van der Waals surface area contributed by atoms with Gasteiger partial charge in [-0.2, -0.15) is 0 Å². The minimum atomic E-state index is 0.802. The first-order valence-corrected chi connectivity index (χ1v) is 8.02. The second-order valence-electron chi connectivity index (χ2n) is 4.88. The highest BCUT2D eigenvalue weighted by Crippen LogP contribution is 2.12. The van der Waals surface area contributed by atoms with E-state index in [2.05, 4.69) is 42.4 Å². The number of nitrogens with zero attached hydrogens (tertiary/aromatic N) is 4. The van der Waals surface area contributed by atoms with Crippen LogP contribution in [0.15, 0.2) is 12.4 Å². The predicted molar refractivity (Wildman–Crippen MR) is 86.3 cm³/mol. The van der Waals surface area contributed by atoms with E-state index in [0.717, 1.165) is 42.1 Å². The molecule has 0 spiro atoms. The summed E-state index contributed by atoms with van der Waals surface area (Å²) in [6, 6.07) is 0. The summed E-state index contributed by atoms with van der Waals surface area (Å²) >= 11 is 2.23. The van der Waals surface area contributed by atoms with Crippen LogP contribution in [0.3, 0.4) is 0 Å². The van der Waals surface area contributed by atoms with Gasteiger partial charge in [0.05, 0.1) is 0 Å². The van der Waals surface area contributed by atoms with Crippen LogP contribution in [0.1, 0.15) is 19.3 Å². The summed E-state index contributed by atoms with van der Waals surface area (Å²) in [6.45, 7) is 6.30. The van der Waals surface area contributed by atoms with Crippen LogP contribution in [0, 0.1) is 3.57 Å². The number of hydrogen-bond acceptors (Lipinski definition) is 5. The van der Waals surface area contributed by atoms with Crippen LogP contribution < -0.4 is 10.6 Å². The van der Waals surface area contributed by atoms with Crippen LogP contribution in [0.2, 0.25) is 0 Å². The van der Waals surface area contributed by atoms with Gasteiger partial charge in [0.2, 0.25) is 5.95 Å². The summed E-state index contributed by atoms with van der Waals surface area (Å²) in [5.74, 6) is 0.865. The highest BCUT2D eigenvalue weighted by atomic mass is 127. The number of nitrogens with two attached hydrogens (primary N) is 1. The standard InChI is InChI=1S/C13H22IN5/c14-12-10-16-13(17-11-12)19-7-3-6-18(8-9-19)5-2-1-4-15/h10-11H,1-9,15H2. The van der Waals surface area contributed by atoms with Crippen molar-refractivity contribution in [1.29, 1.82) is 0 Å². The molecule has 1 aliphatic rings. The molecule has 0 bridgehead atoms. The molecule has 1 fully saturated rings. The molecule has 0 aromatic carbocycles. The Bertz CT molecular complexity index is 370. The van der Waals surface area contributed by atoms with Crippen molar-refractivity contribution < 1.29 is 0 Å². The number of halogens is 1. The molecule has 1 aromatic heterocycles. The predicted octanol–water partition coefficient (Wildman–Crippen LogP) is 1.33. The van der Waals surface area contributed by atoms with E-state index in [9.17, 15) is 0 Å². The molecular weight excluding hydrogens is 353 g/mol. The van der Waals surface area contributed by atoms with Gasteiger partial charge in [-0.1, -0.05) is 0 Å². The topological polar surface area (TPSA) is 58.3 Å². The second kappa shape index (κ2) is 7.96. The van der Waals surface area contributed by atoms with E-state index in [1.54, 1.807) is 0 Å². The van der Waals surface area contributed by atoms with Crippen LogP contribution in [0.4, 0.5) is 5.95 Å². The summed E-state index contributed by atoms with van der Waals surface area (Å²) in [5, 5.41) is 0. The Morgan fingerprint density at radius 3 is 2.63 bits per heavy atom. The van der Waals surface area contributed by atoms with Gasteiger partial charge >= 0.3 is 0 Å². The van der Waals surface area contributed by atoms with Gasteiger partial charge in [-0.05, 0) is 61.5 Å². The third kappa shape index (κ3) is 4.85. The summed E-state index contributed by atoms with van der Waals surface area (Å²) < 4.78 is 1.08. The van der Waals surface area contributed by atoms with E-state index in [-0.39, 0.29) is 0 Å². The van der Waals surface area contributed by atoms with Crippen molar-refractivity contribution in [3.63, 3.8) is 0 Å². The minimum Gasteiger partial charge on any atom is -0.339 e. The first-order chi connectivity index (χ1) is 9.29. The maximum Gasteiger partial charge on any atom is 0.225 e. The first kappa shape index (κ1) is 14.9. The molecule has 1 aliphatic heterocycles. The van der Waals surface area contributed by atoms with E-state index < -0.39 is 0 Å². The smallest absolute Gasteiger partial charge is 0.225 e. The third-order valence-corrected chi connectivity index (χ3v) is 3.96. The highest BCUT2D eigenvalue weighted by Gasteiger charge is 2.16. The van der Waals surface area contributed by atoms with Crippen LogP contribution >= 0.6 is 22.6 Å². The molecule has 2 rings (SSSR count). The van der Waals surface area contributed by atoms with Crippen LogP contribution in [0.5, 0.6) is 0 Å². The summed E-state index contributed by atoms with van der Waals surface area (Å²) in [5.41, 5.74) is 5.54. The molecule has 1 saturated heterocycles. The number of unbranched alkanes of at least 4 members (excludes halogenated alkanes) is 1. The Hall–Kier alpha value is -0.470. The van der Waals surface area contributed by atoms with Gasteiger partial charge in [0.15, 0.2) is 0 Å². The lowest BCUT2D eigenvalue weighted by molar-refractivity contribution is 0.287. The van der Waals surface area contributed by atoms with Crippen LogP contribution in [-0.4, -0.2) is 54.1 Å². The Kier molecular flexibility index (Phi) is 6.25. The largest absolute Gasteiger partial charge is 0.339 e. The fraction of sp³-hybridized carbons (Fsp3) is 0.692. The Labute approximate surface area is 128 Å². The van der Waals surface area contributed by atoms with Crippen molar-refractivity contribution in [2.45, 2.75) is 19.3 Å². The number of anilines is 1. The van der Waals surface area contributed by atoms with Crippen molar-refractivity contribution in [3.8, 4) is 0 Å². The maximum atomic E-state index is 5.54. The zero-order chi connectivity index (χ0) is 13.5. The number of rotatable bonds is 5. The molecule has 106 valence electrons. The molecule has 2 N–H and O–H groups in total. The van der Waals surface area contributed by atoms with Gasteiger partial charge < -0.3 is 15.5 Å². The van der Waals surface area contributed by atoms with Gasteiger partial charge in [-0.3, -0.25) is 0 Å². The second-order valence-corrected chi connectivity index (χ2v) is 6.12. The molecule has 0 aliphatic carbocycles. The quantitative estimate of drug-likeness (QED) is 0.622. The number of aromatic nitrogens is 2. The average molecular weight is 375 g/mol. The molecular formula is C13H22IN5. The molecule has 6 heteroatoms. The molecule has 2 heterocycles. The van der Waals surface area contributed by atoms with Crippen molar-refractivity contribution >= 4 is 28.5 Å². The van der Waals surface area contributed by atoms with Gasteiger partial charge in [-0.25, -0.2) is 9.97 Å². The zero-order valence-electron chi connectivity index (χ0n) is 11.3. The van der Waals surface area contributed by atoms with Crippen molar-refractivity contribution in [1.82, 2.24) is 14.9 Å². The first-order valence-electron chi connectivity index (χ1n) is 6.94. The normalized spacial score (nSPS) is 17.5. The molecule has 0 amide bonds. The molecule has 19 heavy (non-hydrogen) atoms. The van der Waals surface area contributed by atoms with Gasteiger partial charge in [0.1, 0.15) is 0 Å².